The topological polar surface area (TPSA) is 32.7 Å². The summed E-state index contributed by atoms with van der Waals surface area (Å²) in [4.78, 5) is 2.70. The molecule has 0 spiro atoms. The van der Waals surface area contributed by atoms with Crippen molar-refractivity contribution in [2.24, 2.45) is 5.92 Å². The smallest absolute Gasteiger partial charge is 0.0621 e. The van der Waals surface area contributed by atoms with Crippen molar-refractivity contribution in [2.75, 3.05) is 19.8 Å². The lowest BCUT2D eigenvalue weighted by Crippen LogP contribution is -2.53. The molecular formula is C15H27NO2. The van der Waals surface area contributed by atoms with Crippen LogP contribution >= 0.6 is 0 Å². The van der Waals surface area contributed by atoms with Crippen LogP contribution in [0.3, 0.4) is 0 Å². The van der Waals surface area contributed by atoms with Crippen LogP contribution in [0, 0.1) is 5.92 Å². The van der Waals surface area contributed by atoms with Crippen molar-refractivity contribution in [3.05, 3.63) is 0 Å². The lowest BCUT2D eigenvalue weighted by molar-refractivity contribution is -0.0402. The van der Waals surface area contributed by atoms with Crippen LogP contribution < -0.4 is 0 Å². The fraction of sp³-hybridized carbons (Fsp3) is 1.00. The molecule has 1 saturated carbocycles. The van der Waals surface area contributed by atoms with Crippen LogP contribution in [-0.4, -0.2) is 48.0 Å². The van der Waals surface area contributed by atoms with Gasteiger partial charge in [0.15, 0.2) is 0 Å². The van der Waals surface area contributed by atoms with Crippen molar-refractivity contribution in [1.29, 1.82) is 0 Å². The fourth-order valence-corrected chi connectivity index (χ4v) is 4.30. The van der Waals surface area contributed by atoms with Gasteiger partial charge in [0.2, 0.25) is 0 Å². The molecule has 2 saturated heterocycles. The first-order chi connectivity index (χ1) is 8.86. The Kier molecular flexibility index (Phi) is 4.22. The molecule has 0 aromatic rings. The van der Waals surface area contributed by atoms with E-state index in [1.54, 1.807) is 0 Å². The van der Waals surface area contributed by atoms with E-state index in [2.05, 4.69) is 4.90 Å². The van der Waals surface area contributed by atoms with Crippen LogP contribution in [0.4, 0.5) is 0 Å². The van der Waals surface area contributed by atoms with Gasteiger partial charge in [-0.3, -0.25) is 4.90 Å². The van der Waals surface area contributed by atoms with Crippen LogP contribution in [0.2, 0.25) is 0 Å². The van der Waals surface area contributed by atoms with Crippen LogP contribution in [-0.2, 0) is 4.74 Å². The highest BCUT2D eigenvalue weighted by Crippen LogP contribution is 2.36. The van der Waals surface area contributed by atoms with Gasteiger partial charge in [-0.15, -0.1) is 0 Å². The third-order valence-corrected chi connectivity index (χ3v) is 5.22. The van der Waals surface area contributed by atoms with Gasteiger partial charge in [-0.25, -0.2) is 0 Å². The van der Waals surface area contributed by atoms with Gasteiger partial charge in [0.1, 0.15) is 0 Å². The molecule has 0 aromatic carbocycles. The minimum Gasteiger partial charge on any atom is -0.393 e. The third-order valence-electron chi connectivity index (χ3n) is 5.22. The molecule has 4 unspecified atom stereocenters. The molecule has 3 heteroatoms. The summed E-state index contributed by atoms with van der Waals surface area (Å²) in [5.41, 5.74) is 0. The highest BCUT2D eigenvalue weighted by Gasteiger charge is 2.39. The highest BCUT2D eigenvalue weighted by molar-refractivity contribution is 4.93. The summed E-state index contributed by atoms with van der Waals surface area (Å²) < 4.78 is 5.67. The molecule has 0 amide bonds. The van der Waals surface area contributed by atoms with Gasteiger partial charge in [-0.05, 0) is 45.1 Å². The predicted octanol–water partition coefficient (Wildman–Crippen LogP) is 2.18. The number of piperidine rings is 1. The molecule has 2 aliphatic heterocycles. The number of hydrogen-bond acceptors (Lipinski definition) is 3. The molecule has 104 valence electrons. The van der Waals surface area contributed by atoms with Crippen LogP contribution in [0.15, 0.2) is 0 Å². The van der Waals surface area contributed by atoms with E-state index in [-0.39, 0.29) is 6.10 Å². The van der Waals surface area contributed by atoms with Crippen LogP contribution in [0.5, 0.6) is 0 Å². The van der Waals surface area contributed by atoms with Crippen molar-refractivity contribution in [3.8, 4) is 0 Å². The van der Waals surface area contributed by atoms with Crippen LogP contribution in [0.25, 0.3) is 0 Å². The Balaban J connectivity index is 1.68. The summed E-state index contributed by atoms with van der Waals surface area (Å²) in [7, 11) is 0. The number of aliphatic hydroxyl groups is 1. The van der Waals surface area contributed by atoms with E-state index in [4.69, 9.17) is 4.74 Å². The lowest BCUT2D eigenvalue weighted by atomic mass is 9.86. The van der Waals surface area contributed by atoms with Crippen molar-refractivity contribution in [3.63, 3.8) is 0 Å². The zero-order valence-corrected chi connectivity index (χ0v) is 11.4. The van der Waals surface area contributed by atoms with Crippen LogP contribution in [0.1, 0.15) is 51.4 Å². The molecule has 3 fully saturated rings. The standard InChI is InChI=1S/C15H27NO2/c17-15-8-3-6-13(15)14-7-1-2-9-16(14)12-5-4-10-18-11-12/h12-15,17H,1-11H2. The maximum absolute atomic E-state index is 10.2. The summed E-state index contributed by atoms with van der Waals surface area (Å²) in [6, 6.07) is 1.25. The van der Waals surface area contributed by atoms with Crippen molar-refractivity contribution < 1.29 is 9.84 Å². The van der Waals surface area contributed by atoms with E-state index in [9.17, 15) is 5.11 Å². The third kappa shape index (κ3) is 2.59. The average molecular weight is 253 g/mol. The minimum absolute atomic E-state index is 0.0416. The quantitative estimate of drug-likeness (QED) is 0.819. The molecule has 0 bridgehead atoms. The Morgan fingerprint density at radius 2 is 1.89 bits per heavy atom. The monoisotopic (exact) mass is 253 g/mol. The Hall–Kier alpha value is -0.120. The lowest BCUT2D eigenvalue weighted by Gasteiger charge is -2.45. The Morgan fingerprint density at radius 1 is 0.944 bits per heavy atom. The first-order valence-corrected chi connectivity index (χ1v) is 7.88. The largest absolute Gasteiger partial charge is 0.393 e. The molecule has 0 aromatic heterocycles. The van der Waals surface area contributed by atoms with E-state index in [1.165, 1.54) is 51.5 Å². The normalized spacial score (nSPS) is 43.2. The molecule has 3 rings (SSSR count). The van der Waals surface area contributed by atoms with Gasteiger partial charge in [0, 0.05) is 24.6 Å². The first-order valence-electron chi connectivity index (χ1n) is 7.88. The fourth-order valence-electron chi connectivity index (χ4n) is 4.30. The molecule has 3 aliphatic rings. The van der Waals surface area contributed by atoms with Gasteiger partial charge < -0.3 is 9.84 Å². The number of hydrogen-bond donors (Lipinski definition) is 1. The van der Waals surface area contributed by atoms with E-state index in [1.807, 2.05) is 0 Å². The minimum atomic E-state index is -0.0416. The molecule has 3 nitrogen and oxygen atoms in total. The van der Waals surface area contributed by atoms with Gasteiger partial charge in [-0.1, -0.05) is 12.8 Å². The second-order valence-corrected chi connectivity index (χ2v) is 6.33. The van der Waals surface area contributed by atoms with Gasteiger partial charge in [0.05, 0.1) is 12.7 Å². The zero-order valence-electron chi connectivity index (χ0n) is 11.4. The Labute approximate surface area is 110 Å². The summed E-state index contributed by atoms with van der Waals surface area (Å²) in [5.74, 6) is 0.534. The molecule has 0 radical (unpaired) electrons. The summed E-state index contributed by atoms with van der Waals surface area (Å²) in [5, 5.41) is 10.2. The number of ether oxygens (including phenoxy) is 1. The summed E-state index contributed by atoms with van der Waals surface area (Å²) >= 11 is 0. The summed E-state index contributed by atoms with van der Waals surface area (Å²) in [6.45, 7) is 3.09. The average Bonchev–Trinajstić information content (AvgIpc) is 2.86. The van der Waals surface area contributed by atoms with E-state index in [0.717, 1.165) is 19.6 Å². The maximum Gasteiger partial charge on any atom is 0.0621 e. The van der Waals surface area contributed by atoms with E-state index >= 15 is 0 Å². The summed E-state index contributed by atoms with van der Waals surface area (Å²) in [6.07, 6.45) is 9.90. The first kappa shape index (κ1) is 12.9. The molecule has 1 N–H and O–H groups in total. The van der Waals surface area contributed by atoms with Gasteiger partial charge in [0.25, 0.3) is 0 Å². The number of rotatable bonds is 2. The Morgan fingerprint density at radius 3 is 2.61 bits per heavy atom. The van der Waals surface area contributed by atoms with Crippen molar-refractivity contribution in [2.45, 2.75) is 69.6 Å². The number of nitrogens with zero attached hydrogens (tertiary/aromatic N) is 1. The van der Waals surface area contributed by atoms with E-state index < -0.39 is 0 Å². The molecule has 18 heavy (non-hydrogen) atoms. The Bertz CT molecular complexity index is 265. The van der Waals surface area contributed by atoms with Crippen molar-refractivity contribution in [1.82, 2.24) is 4.90 Å². The van der Waals surface area contributed by atoms with Gasteiger partial charge in [-0.2, -0.15) is 0 Å². The molecule has 4 atom stereocenters. The van der Waals surface area contributed by atoms with Crippen molar-refractivity contribution >= 4 is 0 Å². The maximum atomic E-state index is 10.2. The molecular weight excluding hydrogens is 226 g/mol. The number of likely N-dealkylation sites (tertiary alicyclic amines) is 1. The number of aliphatic hydroxyl groups excluding tert-OH is 1. The van der Waals surface area contributed by atoms with Gasteiger partial charge >= 0.3 is 0 Å². The SMILES string of the molecule is OC1CCCC1C1CCCCN1C1CCCOC1. The molecule has 1 aliphatic carbocycles. The van der Waals surface area contributed by atoms with E-state index in [0.29, 0.717) is 18.0 Å². The highest BCUT2D eigenvalue weighted by atomic mass is 16.5. The predicted molar refractivity (Wildman–Crippen MR) is 71.5 cm³/mol. The second-order valence-electron chi connectivity index (χ2n) is 6.33. The second kappa shape index (κ2) is 5.89. The molecule has 2 heterocycles. The zero-order chi connectivity index (χ0) is 12.4.